The number of rotatable bonds is 3. The number of carbonyl (C=O) groups is 1. The summed E-state index contributed by atoms with van der Waals surface area (Å²) in [6, 6.07) is 20.0. The van der Waals surface area contributed by atoms with Gasteiger partial charge in [0.05, 0.1) is 12.8 Å². The Bertz CT molecular complexity index is 1000. The van der Waals surface area contributed by atoms with E-state index in [2.05, 4.69) is 6.07 Å². The van der Waals surface area contributed by atoms with Crippen LogP contribution in [0.5, 0.6) is 5.75 Å². The summed E-state index contributed by atoms with van der Waals surface area (Å²) in [5, 5.41) is 2.13. The molecule has 124 valence electrons. The number of benzene rings is 3. The molecule has 4 rings (SSSR count). The molecule has 0 atom stereocenters. The van der Waals surface area contributed by atoms with Crippen molar-refractivity contribution >= 4 is 34.0 Å². The number of likely N-dealkylation sites (N-methyl/N-ethyl adjacent to an activating group) is 1. The van der Waals surface area contributed by atoms with Gasteiger partial charge in [-0.2, -0.15) is 0 Å². The molecule has 3 aromatic carbocycles. The van der Waals surface area contributed by atoms with Gasteiger partial charge in [0.2, 0.25) is 0 Å². The molecule has 1 aliphatic rings. The first-order chi connectivity index (χ1) is 12.2. The van der Waals surface area contributed by atoms with Crippen LogP contribution in [0.3, 0.4) is 0 Å². The Hall–Kier alpha value is -3.07. The lowest BCUT2D eigenvalue weighted by atomic mass is 9.99. The zero-order chi connectivity index (χ0) is 17.4. The maximum atomic E-state index is 12.9. The fraction of sp³-hybridized carbons (Fsp3) is 0.136. The molecular weight excluding hydrogens is 310 g/mol. The molecule has 1 amide bonds. The lowest BCUT2D eigenvalue weighted by Gasteiger charge is -2.13. The molecule has 0 aliphatic carbocycles. The number of ether oxygens (including phenoxy) is 1. The summed E-state index contributed by atoms with van der Waals surface area (Å²) in [5.41, 5.74) is 3.74. The molecule has 0 spiro atoms. The van der Waals surface area contributed by atoms with E-state index in [9.17, 15) is 4.79 Å². The summed E-state index contributed by atoms with van der Waals surface area (Å²) >= 11 is 0. The van der Waals surface area contributed by atoms with Crippen molar-refractivity contribution in [2.24, 2.45) is 0 Å². The minimum absolute atomic E-state index is 0.0589. The topological polar surface area (TPSA) is 29.5 Å². The Morgan fingerprint density at radius 3 is 2.44 bits per heavy atom. The zero-order valence-electron chi connectivity index (χ0n) is 14.3. The quantitative estimate of drug-likeness (QED) is 0.649. The predicted molar refractivity (Wildman–Crippen MR) is 103 cm³/mol. The summed E-state index contributed by atoms with van der Waals surface area (Å²) in [5.74, 6) is 0.898. The maximum absolute atomic E-state index is 12.9. The smallest absolute Gasteiger partial charge is 0.258 e. The van der Waals surface area contributed by atoms with E-state index in [0.717, 1.165) is 38.9 Å². The van der Waals surface area contributed by atoms with Gasteiger partial charge in [-0.15, -0.1) is 0 Å². The van der Waals surface area contributed by atoms with E-state index >= 15 is 0 Å². The molecule has 3 heteroatoms. The van der Waals surface area contributed by atoms with Gasteiger partial charge in [0, 0.05) is 23.1 Å². The first-order valence-corrected chi connectivity index (χ1v) is 8.43. The highest BCUT2D eigenvalue weighted by Gasteiger charge is 2.30. The van der Waals surface area contributed by atoms with E-state index in [1.807, 2.05) is 72.5 Å². The van der Waals surface area contributed by atoms with Crippen LogP contribution in [-0.2, 0) is 4.79 Å². The molecule has 0 saturated heterocycles. The Kier molecular flexibility index (Phi) is 3.77. The molecule has 0 N–H and O–H groups in total. The van der Waals surface area contributed by atoms with Crippen molar-refractivity contribution in [2.75, 3.05) is 18.6 Å². The van der Waals surface area contributed by atoms with Crippen LogP contribution in [0.25, 0.3) is 22.4 Å². The Balaban J connectivity index is 1.93. The van der Waals surface area contributed by atoms with Crippen LogP contribution in [0.4, 0.5) is 5.69 Å². The standard InChI is InChI=1S/C22H19NO2/c1-3-23-20-11-7-6-9-17(20)19(22(23)24)14-15-12-13-21(25-2)18-10-5-4-8-16(15)18/h4-14H,3H2,1-2H3/b19-14-. The number of methoxy groups -OCH3 is 1. The Morgan fingerprint density at radius 2 is 1.68 bits per heavy atom. The number of carbonyl (C=O) groups excluding carboxylic acids is 1. The van der Waals surface area contributed by atoms with E-state index in [1.165, 1.54) is 0 Å². The third-order valence-electron chi connectivity index (χ3n) is 4.71. The normalized spacial score (nSPS) is 15.0. The highest BCUT2D eigenvalue weighted by atomic mass is 16.5. The number of para-hydroxylation sites is 1. The first kappa shape index (κ1) is 15.5. The van der Waals surface area contributed by atoms with Gasteiger partial charge in [0.25, 0.3) is 5.91 Å². The lowest BCUT2D eigenvalue weighted by Crippen LogP contribution is -2.25. The Morgan fingerprint density at radius 1 is 0.960 bits per heavy atom. The van der Waals surface area contributed by atoms with Gasteiger partial charge in [-0.3, -0.25) is 4.79 Å². The molecule has 0 fully saturated rings. The number of fused-ring (bicyclic) bond motifs is 2. The zero-order valence-corrected chi connectivity index (χ0v) is 14.3. The molecule has 0 bridgehead atoms. The van der Waals surface area contributed by atoms with E-state index in [-0.39, 0.29) is 5.91 Å². The van der Waals surface area contributed by atoms with Crippen LogP contribution in [0.15, 0.2) is 60.7 Å². The van der Waals surface area contributed by atoms with Crippen LogP contribution >= 0.6 is 0 Å². The van der Waals surface area contributed by atoms with Gasteiger partial charge in [0.1, 0.15) is 5.75 Å². The summed E-state index contributed by atoms with van der Waals surface area (Å²) in [6.45, 7) is 2.66. The average molecular weight is 329 g/mol. The fourth-order valence-corrected chi connectivity index (χ4v) is 3.51. The van der Waals surface area contributed by atoms with Crippen molar-refractivity contribution in [3.8, 4) is 5.75 Å². The number of nitrogens with zero attached hydrogens (tertiary/aromatic N) is 1. The molecular formula is C22H19NO2. The van der Waals surface area contributed by atoms with Crippen LogP contribution in [0.1, 0.15) is 18.1 Å². The van der Waals surface area contributed by atoms with Crippen LogP contribution < -0.4 is 9.64 Å². The average Bonchev–Trinajstić information content (AvgIpc) is 2.93. The van der Waals surface area contributed by atoms with Gasteiger partial charge in [-0.1, -0.05) is 48.5 Å². The summed E-state index contributed by atoms with van der Waals surface area (Å²) in [6.07, 6.45) is 2.00. The minimum Gasteiger partial charge on any atom is -0.496 e. The SMILES string of the molecule is CCN1C(=O)/C(=C\c2ccc(OC)c3ccccc23)c2ccccc21. The third-order valence-corrected chi connectivity index (χ3v) is 4.71. The molecule has 0 aromatic heterocycles. The van der Waals surface area contributed by atoms with Crippen molar-refractivity contribution in [3.05, 3.63) is 71.8 Å². The van der Waals surface area contributed by atoms with Crippen LogP contribution in [0, 0.1) is 0 Å². The van der Waals surface area contributed by atoms with Crippen LogP contribution in [0.2, 0.25) is 0 Å². The second-order valence-corrected chi connectivity index (χ2v) is 6.03. The molecule has 0 radical (unpaired) electrons. The summed E-state index contributed by atoms with van der Waals surface area (Å²) in [7, 11) is 1.68. The predicted octanol–water partition coefficient (Wildman–Crippen LogP) is 4.76. The number of hydrogen-bond acceptors (Lipinski definition) is 2. The van der Waals surface area contributed by atoms with Crippen molar-refractivity contribution in [1.82, 2.24) is 0 Å². The van der Waals surface area contributed by atoms with Crippen LogP contribution in [-0.4, -0.2) is 19.6 Å². The number of anilines is 1. The summed E-state index contributed by atoms with van der Waals surface area (Å²) in [4.78, 5) is 14.7. The van der Waals surface area contributed by atoms with Gasteiger partial charge >= 0.3 is 0 Å². The second-order valence-electron chi connectivity index (χ2n) is 6.03. The summed E-state index contributed by atoms with van der Waals surface area (Å²) < 4.78 is 5.47. The largest absolute Gasteiger partial charge is 0.496 e. The molecule has 1 aliphatic heterocycles. The van der Waals surface area contributed by atoms with Gasteiger partial charge < -0.3 is 9.64 Å². The van der Waals surface area contributed by atoms with Crippen molar-refractivity contribution in [3.63, 3.8) is 0 Å². The maximum Gasteiger partial charge on any atom is 0.258 e. The van der Waals surface area contributed by atoms with Gasteiger partial charge in [-0.05, 0) is 36.1 Å². The molecule has 0 unspecified atom stereocenters. The second kappa shape index (κ2) is 6.10. The monoisotopic (exact) mass is 329 g/mol. The lowest BCUT2D eigenvalue weighted by molar-refractivity contribution is -0.112. The third kappa shape index (κ3) is 2.40. The highest BCUT2D eigenvalue weighted by Crippen LogP contribution is 2.38. The number of hydrogen-bond donors (Lipinski definition) is 0. The number of amides is 1. The van der Waals surface area contributed by atoms with E-state index in [4.69, 9.17) is 4.74 Å². The fourth-order valence-electron chi connectivity index (χ4n) is 3.51. The minimum atomic E-state index is 0.0589. The highest BCUT2D eigenvalue weighted by molar-refractivity contribution is 6.36. The van der Waals surface area contributed by atoms with Gasteiger partial charge in [0.15, 0.2) is 0 Å². The molecule has 3 nitrogen and oxygen atoms in total. The van der Waals surface area contributed by atoms with Crippen molar-refractivity contribution in [2.45, 2.75) is 6.92 Å². The van der Waals surface area contributed by atoms with Crippen molar-refractivity contribution < 1.29 is 9.53 Å². The Labute approximate surface area is 147 Å². The molecule has 3 aromatic rings. The van der Waals surface area contributed by atoms with E-state index in [1.54, 1.807) is 7.11 Å². The molecule has 0 saturated carbocycles. The first-order valence-electron chi connectivity index (χ1n) is 8.43. The van der Waals surface area contributed by atoms with Crippen molar-refractivity contribution in [1.29, 1.82) is 0 Å². The molecule has 1 heterocycles. The van der Waals surface area contributed by atoms with Gasteiger partial charge in [-0.25, -0.2) is 0 Å². The van der Waals surface area contributed by atoms with E-state index < -0.39 is 0 Å². The molecule has 25 heavy (non-hydrogen) atoms. The van der Waals surface area contributed by atoms with E-state index in [0.29, 0.717) is 6.54 Å².